The molecule has 0 saturated carbocycles. The van der Waals surface area contributed by atoms with Gasteiger partial charge < -0.3 is 19.5 Å². The number of nitrogens with zero attached hydrogens (tertiary/aromatic N) is 2. The molecule has 34 heavy (non-hydrogen) atoms. The van der Waals surface area contributed by atoms with Gasteiger partial charge in [0.05, 0.1) is 22.8 Å². The predicted molar refractivity (Wildman–Crippen MR) is 120 cm³/mol. The second-order valence-electron chi connectivity index (χ2n) is 10.6. The molecule has 5 aliphatic heterocycles. The highest BCUT2D eigenvalue weighted by Gasteiger charge is 2.58. The fourth-order valence-corrected chi connectivity index (χ4v) is 7.22. The molecule has 0 radical (unpaired) electrons. The van der Waals surface area contributed by atoms with E-state index in [0.29, 0.717) is 17.8 Å². The van der Waals surface area contributed by atoms with E-state index in [1.54, 1.807) is 11.0 Å². The summed E-state index contributed by atoms with van der Waals surface area (Å²) in [4.78, 5) is 41.3. The molecule has 180 valence electrons. The Morgan fingerprint density at radius 2 is 1.82 bits per heavy atom. The van der Waals surface area contributed by atoms with Gasteiger partial charge in [-0.2, -0.15) is 0 Å². The highest BCUT2D eigenvalue weighted by Crippen LogP contribution is 2.53. The summed E-state index contributed by atoms with van der Waals surface area (Å²) in [6, 6.07) is 4.15. The highest BCUT2D eigenvalue weighted by atomic mass is 16.5. The lowest BCUT2D eigenvalue weighted by Crippen LogP contribution is -2.51. The van der Waals surface area contributed by atoms with Crippen molar-refractivity contribution < 1.29 is 29.0 Å². The number of carbonyl (C=O) groups excluding carboxylic acids is 3. The van der Waals surface area contributed by atoms with Crippen molar-refractivity contribution in [2.45, 2.75) is 76.8 Å². The van der Waals surface area contributed by atoms with Crippen LogP contribution in [0.3, 0.4) is 0 Å². The van der Waals surface area contributed by atoms with Crippen molar-refractivity contribution >= 4 is 17.8 Å². The summed E-state index contributed by atoms with van der Waals surface area (Å²) < 4.78 is 10.2. The zero-order valence-electron chi connectivity index (χ0n) is 19.6. The molecular formula is C26H30N2O6. The molecule has 8 nitrogen and oxygen atoms in total. The number of cyclic esters (lactones) is 2. The van der Waals surface area contributed by atoms with E-state index >= 15 is 0 Å². The molecule has 5 aliphatic rings. The fourth-order valence-electron chi connectivity index (χ4n) is 7.22. The van der Waals surface area contributed by atoms with E-state index in [2.05, 4.69) is 11.8 Å². The number of hydrogen-bond donors (Lipinski definition) is 1. The SMILES string of the molecule is Cc1c([C@H](O)CN2[C@@H]3CC[C@H]2CC2(CC(C)N(C4=CC(=O)OC4)C2=O)C3)ccc2c1COC2=O. The lowest BCUT2D eigenvalue weighted by Gasteiger charge is -2.44. The zero-order valence-corrected chi connectivity index (χ0v) is 19.6. The summed E-state index contributed by atoms with van der Waals surface area (Å²) in [5.41, 5.74) is 3.51. The minimum atomic E-state index is -0.667. The van der Waals surface area contributed by atoms with Crippen LogP contribution in [0.1, 0.15) is 72.2 Å². The van der Waals surface area contributed by atoms with Crippen molar-refractivity contribution in [3.05, 3.63) is 46.2 Å². The molecule has 6 rings (SSSR count). The molecular weight excluding hydrogens is 436 g/mol. The minimum absolute atomic E-state index is 0.0452. The first kappa shape index (κ1) is 21.8. The summed E-state index contributed by atoms with van der Waals surface area (Å²) in [6.45, 7) is 4.95. The van der Waals surface area contributed by atoms with E-state index in [0.717, 1.165) is 48.8 Å². The molecule has 8 heteroatoms. The number of benzene rings is 1. The quantitative estimate of drug-likeness (QED) is 0.681. The number of amides is 1. The average Bonchev–Trinajstić information content (AvgIpc) is 3.50. The Morgan fingerprint density at radius 1 is 1.09 bits per heavy atom. The molecule has 1 aromatic rings. The Bertz CT molecular complexity index is 1110. The van der Waals surface area contributed by atoms with Gasteiger partial charge in [0.2, 0.25) is 5.91 Å². The van der Waals surface area contributed by atoms with Gasteiger partial charge in [-0.05, 0) is 63.1 Å². The number of fused-ring (bicyclic) bond motifs is 3. The van der Waals surface area contributed by atoms with Gasteiger partial charge in [-0.25, -0.2) is 9.59 Å². The van der Waals surface area contributed by atoms with Crippen LogP contribution in [-0.2, 0) is 25.7 Å². The van der Waals surface area contributed by atoms with Gasteiger partial charge >= 0.3 is 11.9 Å². The van der Waals surface area contributed by atoms with E-state index in [1.165, 1.54) is 6.08 Å². The third-order valence-corrected chi connectivity index (χ3v) is 8.73. The maximum absolute atomic E-state index is 13.6. The predicted octanol–water partition coefficient (Wildman–Crippen LogP) is 2.37. The summed E-state index contributed by atoms with van der Waals surface area (Å²) >= 11 is 0. The van der Waals surface area contributed by atoms with Crippen molar-refractivity contribution in [2.24, 2.45) is 5.41 Å². The van der Waals surface area contributed by atoms with Crippen LogP contribution in [0.25, 0.3) is 0 Å². The molecule has 0 aliphatic carbocycles. The van der Waals surface area contributed by atoms with Crippen LogP contribution < -0.4 is 0 Å². The number of rotatable bonds is 4. The number of ether oxygens (including phenoxy) is 2. The Hall–Kier alpha value is -2.71. The molecule has 1 aromatic carbocycles. The first-order valence-electron chi connectivity index (χ1n) is 12.2. The molecule has 3 saturated heterocycles. The van der Waals surface area contributed by atoms with E-state index in [-0.39, 0.29) is 49.2 Å². The molecule has 5 heterocycles. The minimum Gasteiger partial charge on any atom is -0.457 e. The Balaban J connectivity index is 1.19. The summed E-state index contributed by atoms with van der Waals surface area (Å²) in [6.07, 6.45) is 5.18. The fraction of sp³-hybridized carbons (Fsp3) is 0.577. The molecule has 1 amide bonds. The molecule has 1 spiro atoms. The number of likely N-dealkylation sites (tertiary alicyclic amines) is 1. The van der Waals surface area contributed by atoms with Crippen molar-refractivity contribution in [1.29, 1.82) is 0 Å². The van der Waals surface area contributed by atoms with Crippen LogP contribution in [-0.4, -0.2) is 64.0 Å². The standard InChI is InChI=1S/C26H30N2O6/c1-14-8-26(25(32)28(14)18-7-23(30)33-12-18)9-16-3-4-17(10-26)27(16)11-22(29)19-5-6-20-21(15(19)2)13-34-24(20)31/h5-7,14,16-17,22,29H,3-4,8-13H2,1-2H3/t14?,16-,17+,22-,26?/m1/s1. The van der Waals surface area contributed by atoms with Crippen molar-refractivity contribution in [1.82, 2.24) is 9.80 Å². The van der Waals surface area contributed by atoms with E-state index < -0.39 is 11.5 Å². The molecule has 2 bridgehead atoms. The maximum Gasteiger partial charge on any atom is 0.338 e. The monoisotopic (exact) mass is 466 g/mol. The van der Waals surface area contributed by atoms with Gasteiger partial charge in [0.1, 0.15) is 13.2 Å². The summed E-state index contributed by atoms with van der Waals surface area (Å²) in [5, 5.41) is 11.2. The van der Waals surface area contributed by atoms with Crippen LogP contribution in [0.2, 0.25) is 0 Å². The van der Waals surface area contributed by atoms with Gasteiger partial charge in [0.25, 0.3) is 0 Å². The average molecular weight is 467 g/mol. The van der Waals surface area contributed by atoms with E-state index in [1.807, 2.05) is 13.0 Å². The van der Waals surface area contributed by atoms with Crippen molar-refractivity contribution in [3.63, 3.8) is 0 Å². The number of piperidine rings is 1. The number of hydrogen-bond acceptors (Lipinski definition) is 7. The van der Waals surface area contributed by atoms with Crippen LogP contribution in [0.5, 0.6) is 0 Å². The van der Waals surface area contributed by atoms with Crippen LogP contribution >= 0.6 is 0 Å². The lowest BCUT2D eigenvalue weighted by molar-refractivity contribution is -0.140. The smallest absolute Gasteiger partial charge is 0.338 e. The Morgan fingerprint density at radius 3 is 2.50 bits per heavy atom. The topological polar surface area (TPSA) is 96.4 Å². The molecule has 2 unspecified atom stereocenters. The Kier molecular flexibility index (Phi) is 4.90. The van der Waals surface area contributed by atoms with Crippen LogP contribution in [0.15, 0.2) is 23.9 Å². The lowest BCUT2D eigenvalue weighted by atomic mass is 9.72. The number of carbonyl (C=O) groups is 3. The van der Waals surface area contributed by atoms with Gasteiger partial charge in [-0.15, -0.1) is 0 Å². The number of esters is 2. The molecule has 3 fully saturated rings. The van der Waals surface area contributed by atoms with Gasteiger partial charge in [-0.3, -0.25) is 9.69 Å². The van der Waals surface area contributed by atoms with Gasteiger partial charge in [0.15, 0.2) is 0 Å². The maximum atomic E-state index is 13.6. The second kappa shape index (κ2) is 7.65. The number of aliphatic hydroxyl groups is 1. The van der Waals surface area contributed by atoms with E-state index in [4.69, 9.17) is 9.47 Å². The summed E-state index contributed by atoms with van der Waals surface area (Å²) in [5.74, 6) is -0.550. The van der Waals surface area contributed by atoms with Crippen LogP contribution in [0.4, 0.5) is 0 Å². The molecule has 5 atom stereocenters. The first-order valence-corrected chi connectivity index (χ1v) is 12.2. The first-order chi connectivity index (χ1) is 16.3. The Labute approximate surface area is 198 Å². The number of aliphatic hydroxyl groups excluding tert-OH is 1. The van der Waals surface area contributed by atoms with Crippen molar-refractivity contribution in [3.8, 4) is 0 Å². The van der Waals surface area contributed by atoms with Gasteiger partial charge in [-0.1, -0.05) is 6.07 Å². The third-order valence-electron chi connectivity index (χ3n) is 8.73. The van der Waals surface area contributed by atoms with E-state index in [9.17, 15) is 19.5 Å². The molecule has 0 aromatic heterocycles. The summed E-state index contributed by atoms with van der Waals surface area (Å²) in [7, 11) is 0. The van der Waals surface area contributed by atoms with Gasteiger partial charge in [0, 0.05) is 36.3 Å². The third kappa shape index (κ3) is 3.15. The highest BCUT2D eigenvalue weighted by molar-refractivity contribution is 5.94. The normalized spacial score (nSPS) is 33.4. The van der Waals surface area contributed by atoms with Crippen molar-refractivity contribution in [2.75, 3.05) is 13.2 Å². The molecule has 1 N–H and O–H groups in total. The van der Waals surface area contributed by atoms with Crippen LogP contribution in [0, 0.1) is 12.3 Å². The largest absolute Gasteiger partial charge is 0.457 e. The zero-order chi connectivity index (χ0) is 23.8. The second-order valence-corrected chi connectivity index (χ2v) is 10.6.